The van der Waals surface area contributed by atoms with Gasteiger partial charge in [-0.05, 0) is 26.7 Å². The summed E-state index contributed by atoms with van der Waals surface area (Å²) in [5.74, 6) is -0.304. The average molecular weight is 348 g/mol. The van der Waals surface area contributed by atoms with Gasteiger partial charge in [0.15, 0.2) is 0 Å². The molecule has 0 spiro atoms. The molecule has 0 amide bonds. The minimum absolute atomic E-state index is 0.0700. The summed E-state index contributed by atoms with van der Waals surface area (Å²) >= 11 is 0. The third-order valence-corrected chi connectivity index (χ3v) is 3.21. The highest BCUT2D eigenvalue weighted by atomic mass is 16.6. The molecule has 0 radical (unpaired) electrons. The maximum atomic E-state index is 11.6. The minimum Gasteiger partial charge on any atom is -0.463 e. The molecule has 0 rings (SSSR count). The van der Waals surface area contributed by atoms with E-state index in [9.17, 15) is 4.79 Å². The van der Waals surface area contributed by atoms with Crippen molar-refractivity contribution in [2.45, 2.75) is 53.1 Å². The highest BCUT2D eigenvalue weighted by molar-refractivity contribution is 5.72. The molecular formula is C18H36O6. The first kappa shape index (κ1) is 23.3. The van der Waals surface area contributed by atoms with Gasteiger partial charge in [-0.15, -0.1) is 0 Å². The fourth-order valence-corrected chi connectivity index (χ4v) is 1.73. The molecule has 0 saturated carbocycles. The predicted octanol–water partition coefficient (Wildman–Crippen LogP) is 2.83. The maximum Gasteiger partial charge on any atom is 0.308 e. The van der Waals surface area contributed by atoms with E-state index in [1.165, 1.54) is 0 Å². The molecule has 1 atom stereocenters. The Bertz CT molecular complexity index is 283. The minimum atomic E-state index is -0.166. The number of hydrogen-bond donors (Lipinski definition) is 0. The summed E-state index contributed by atoms with van der Waals surface area (Å²) in [6.45, 7) is 12.4. The molecule has 0 aliphatic heterocycles. The summed E-state index contributed by atoms with van der Waals surface area (Å²) in [5, 5.41) is 0. The fourth-order valence-electron chi connectivity index (χ4n) is 1.73. The number of carbonyl (C=O) groups is 1. The van der Waals surface area contributed by atoms with Gasteiger partial charge in [0.25, 0.3) is 0 Å². The van der Waals surface area contributed by atoms with Gasteiger partial charge in [0.2, 0.25) is 0 Å². The van der Waals surface area contributed by atoms with E-state index in [1.54, 1.807) is 0 Å². The molecule has 0 aromatic carbocycles. The van der Waals surface area contributed by atoms with E-state index in [1.807, 2.05) is 20.8 Å². The van der Waals surface area contributed by atoms with Gasteiger partial charge in [0.05, 0.1) is 51.7 Å². The van der Waals surface area contributed by atoms with Gasteiger partial charge in [0, 0.05) is 13.2 Å². The van der Waals surface area contributed by atoms with Crippen LogP contribution >= 0.6 is 0 Å². The molecule has 144 valence electrons. The monoisotopic (exact) mass is 348 g/mol. The van der Waals surface area contributed by atoms with Crippen molar-refractivity contribution in [1.29, 1.82) is 0 Å². The summed E-state index contributed by atoms with van der Waals surface area (Å²) < 4.78 is 26.8. The Morgan fingerprint density at radius 3 is 1.67 bits per heavy atom. The van der Waals surface area contributed by atoms with E-state index in [2.05, 4.69) is 6.92 Å². The van der Waals surface area contributed by atoms with Crippen molar-refractivity contribution in [2.75, 3.05) is 52.9 Å². The Labute approximate surface area is 147 Å². The van der Waals surface area contributed by atoms with E-state index in [0.29, 0.717) is 52.7 Å². The van der Waals surface area contributed by atoms with Crippen LogP contribution in [0.15, 0.2) is 0 Å². The van der Waals surface area contributed by atoms with E-state index in [0.717, 1.165) is 19.4 Å². The van der Waals surface area contributed by atoms with Crippen molar-refractivity contribution >= 4 is 5.97 Å². The molecule has 24 heavy (non-hydrogen) atoms. The van der Waals surface area contributed by atoms with Gasteiger partial charge in [-0.3, -0.25) is 4.79 Å². The van der Waals surface area contributed by atoms with Crippen molar-refractivity contribution in [1.82, 2.24) is 0 Å². The molecule has 6 heteroatoms. The lowest BCUT2D eigenvalue weighted by Crippen LogP contribution is -2.20. The SMILES string of the molecule is CCCCOCCOCCOCCOCCC(C)C(=O)OC(C)C. The van der Waals surface area contributed by atoms with Crippen LogP contribution in [0.25, 0.3) is 0 Å². The zero-order valence-electron chi connectivity index (χ0n) is 15.9. The molecule has 0 aromatic heterocycles. The van der Waals surface area contributed by atoms with Crippen molar-refractivity contribution in [3.05, 3.63) is 0 Å². The smallest absolute Gasteiger partial charge is 0.308 e. The van der Waals surface area contributed by atoms with E-state index in [-0.39, 0.29) is 18.0 Å². The second-order valence-corrected chi connectivity index (χ2v) is 5.98. The van der Waals surface area contributed by atoms with Gasteiger partial charge < -0.3 is 23.7 Å². The second-order valence-electron chi connectivity index (χ2n) is 5.98. The third kappa shape index (κ3) is 16.2. The lowest BCUT2D eigenvalue weighted by molar-refractivity contribution is -0.152. The quantitative estimate of drug-likeness (QED) is 0.297. The maximum absolute atomic E-state index is 11.6. The first-order valence-electron chi connectivity index (χ1n) is 9.09. The molecule has 0 fully saturated rings. The van der Waals surface area contributed by atoms with Crippen molar-refractivity contribution in [3.8, 4) is 0 Å². The molecule has 0 bridgehead atoms. The van der Waals surface area contributed by atoms with E-state index < -0.39 is 0 Å². The van der Waals surface area contributed by atoms with E-state index >= 15 is 0 Å². The standard InChI is InChI=1S/C18H36O6/c1-5-6-8-20-10-12-22-14-15-23-13-11-21-9-7-17(4)18(19)24-16(2)3/h16-17H,5-15H2,1-4H3. The average Bonchev–Trinajstić information content (AvgIpc) is 2.54. The summed E-state index contributed by atoms with van der Waals surface area (Å²) in [7, 11) is 0. The van der Waals surface area contributed by atoms with Crippen LogP contribution in [0.1, 0.15) is 47.0 Å². The first-order chi connectivity index (χ1) is 11.6. The molecule has 6 nitrogen and oxygen atoms in total. The number of rotatable bonds is 17. The van der Waals surface area contributed by atoms with Gasteiger partial charge in [-0.25, -0.2) is 0 Å². The Hall–Kier alpha value is -0.690. The van der Waals surface area contributed by atoms with Crippen LogP contribution < -0.4 is 0 Å². The normalized spacial score (nSPS) is 12.5. The van der Waals surface area contributed by atoms with E-state index in [4.69, 9.17) is 23.7 Å². The molecule has 0 aliphatic carbocycles. The largest absolute Gasteiger partial charge is 0.463 e. The van der Waals surface area contributed by atoms with Crippen LogP contribution in [0.4, 0.5) is 0 Å². The zero-order chi connectivity index (χ0) is 18.0. The molecule has 0 N–H and O–H groups in total. The molecule has 0 heterocycles. The van der Waals surface area contributed by atoms with Crippen LogP contribution in [0.3, 0.4) is 0 Å². The number of carbonyl (C=O) groups excluding carboxylic acids is 1. The van der Waals surface area contributed by atoms with Crippen molar-refractivity contribution < 1.29 is 28.5 Å². The fraction of sp³-hybridized carbons (Fsp3) is 0.944. The highest BCUT2D eigenvalue weighted by Gasteiger charge is 2.15. The van der Waals surface area contributed by atoms with Gasteiger partial charge >= 0.3 is 5.97 Å². The Kier molecular flexibility index (Phi) is 16.7. The molecular weight excluding hydrogens is 312 g/mol. The van der Waals surface area contributed by atoms with Crippen LogP contribution in [0.5, 0.6) is 0 Å². The molecule has 0 aromatic rings. The Morgan fingerprint density at radius 1 is 0.750 bits per heavy atom. The lowest BCUT2D eigenvalue weighted by atomic mass is 10.1. The van der Waals surface area contributed by atoms with Gasteiger partial charge in [-0.1, -0.05) is 20.3 Å². The predicted molar refractivity (Wildman–Crippen MR) is 93.2 cm³/mol. The zero-order valence-corrected chi connectivity index (χ0v) is 15.9. The summed E-state index contributed by atoms with van der Waals surface area (Å²) in [6, 6.07) is 0. The van der Waals surface area contributed by atoms with Gasteiger partial charge in [-0.2, -0.15) is 0 Å². The number of esters is 1. The molecule has 1 unspecified atom stereocenters. The van der Waals surface area contributed by atoms with Crippen LogP contribution in [0, 0.1) is 5.92 Å². The lowest BCUT2D eigenvalue weighted by Gasteiger charge is -2.13. The number of unbranched alkanes of at least 4 members (excludes halogenated alkanes) is 1. The second kappa shape index (κ2) is 17.1. The first-order valence-corrected chi connectivity index (χ1v) is 9.09. The van der Waals surface area contributed by atoms with Gasteiger partial charge in [0.1, 0.15) is 0 Å². The third-order valence-electron chi connectivity index (χ3n) is 3.21. The highest BCUT2D eigenvalue weighted by Crippen LogP contribution is 2.06. The Balaban J connectivity index is 3.21. The van der Waals surface area contributed by atoms with Crippen molar-refractivity contribution in [3.63, 3.8) is 0 Å². The number of ether oxygens (including phenoxy) is 5. The van der Waals surface area contributed by atoms with Crippen LogP contribution in [0.2, 0.25) is 0 Å². The molecule has 0 aliphatic rings. The summed E-state index contributed by atoms with van der Waals surface area (Å²) in [5.41, 5.74) is 0. The summed E-state index contributed by atoms with van der Waals surface area (Å²) in [6.07, 6.45) is 2.84. The van der Waals surface area contributed by atoms with Crippen LogP contribution in [-0.2, 0) is 28.5 Å². The summed E-state index contributed by atoms with van der Waals surface area (Å²) in [4.78, 5) is 11.6. The number of hydrogen-bond acceptors (Lipinski definition) is 6. The Morgan fingerprint density at radius 2 is 1.21 bits per heavy atom. The van der Waals surface area contributed by atoms with Crippen molar-refractivity contribution in [2.24, 2.45) is 5.92 Å². The topological polar surface area (TPSA) is 63.2 Å². The molecule has 0 saturated heterocycles. The van der Waals surface area contributed by atoms with Crippen LogP contribution in [-0.4, -0.2) is 64.9 Å².